The van der Waals surface area contributed by atoms with E-state index in [1.54, 1.807) is 0 Å². The van der Waals surface area contributed by atoms with Gasteiger partial charge in [-0.25, -0.2) is 0 Å². The molecule has 1 saturated heterocycles. The third kappa shape index (κ3) is 3.31. The van der Waals surface area contributed by atoms with Crippen LogP contribution in [0.25, 0.3) is 0 Å². The number of hydrogen-bond donors (Lipinski definition) is 1. The van der Waals surface area contributed by atoms with Gasteiger partial charge in [-0.05, 0) is 49.9 Å². The molecular formula is C16H29NO2. The Balaban J connectivity index is 1.89. The summed E-state index contributed by atoms with van der Waals surface area (Å²) in [7, 11) is 0. The number of rotatable bonds is 2. The first-order valence-electron chi connectivity index (χ1n) is 7.85. The van der Waals surface area contributed by atoms with Crippen molar-refractivity contribution < 1.29 is 9.90 Å². The van der Waals surface area contributed by atoms with Crippen molar-refractivity contribution in [1.82, 2.24) is 4.90 Å². The Kier molecular flexibility index (Phi) is 4.54. The summed E-state index contributed by atoms with van der Waals surface area (Å²) < 4.78 is 0. The lowest BCUT2D eigenvalue weighted by atomic mass is 9.69. The second-order valence-electron chi connectivity index (χ2n) is 7.42. The molecule has 1 aliphatic heterocycles. The summed E-state index contributed by atoms with van der Waals surface area (Å²) in [6.07, 6.45) is 6.45. The Hall–Kier alpha value is -0.570. The fourth-order valence-corrected chi connectivity index (χ4v) is 3.76. The van der Waals surface area contributed by atoms with Crippen LogP contribution < -0.4 is 0 Å². The van der Waals surface area contributed by atoms with E-state index in [4.69, 9.17) is 0 Å². The van der Waals surface area contributed by atoms with Gasteiger partial charge in [-0.3, -0.25) is 4.79 Å². The molecular weight excluding hydrogens is 238 g/mol. The lowest BCUT2D eigenvalue weighted by Crippen LogP contribution is -2.42. The maximum atomic E-state index is 12.5. The Bertz CT molecular complexity index is 313. The highest BCUT2D eigenvalue weighted by atomic mass is 16.3. The first kappa shape index (κ1) is 14.8. The van der Waals surface area contributed by atoms with Crippen LogP contribution in [0.5, 0.6) is 0 Å². The van der Waals surface area contributed by atoms with E-state index in [1.165, 1.54) is 12.8 Å². The molecule has 1 saturated carbocycles. The van der Waals surface area contributed by atoms with Crippen LogP contribution in [0, 0.1) is 17.3 Å². The largest absolute Gasteiger partial charge is 0.394 e. The zero-order valence-corrected chi connectivity index (χ0v) is 12.7. The minimum absolute atomic E-state index is 0.0906. The van der Waals surface area contributed by atoms with Crippen LogP contribution in [0.3, 0.4) is 0 Å². The highest BCUT2D eigenvalue weighted by Crippen LogP contribution is 2.40. The maximum absolute atomic E-state index is 12.5. The number of carbonyl (C=O) groups excluding carboxylic acids is 1. The Morgan fingerprint density at radius 1 is 1.16 bits per heavy atom. The SMILES string of the molecule is CC(C)(C)C1CCC(C(=O)N2CCCC2CO)CC1. The molecule has 1 heterocycles. The summed E-state index contributed by atoms with van der Waals surface area (Å²) >= 11 is 0. The van der Waals surface area contributed by atoms with Gasteiger partial charge in [0.25, 0.3) is 0 Å². The van der Waals surface area contributed by atoms with Crippen LogP contribution >= 0.6 is 0 Å². The van der Waals surface area contributed by atoms with Gasteiger partial charge in [0.15, 0.2) is 0 Å². The van der Waals surface area contributed by atoms with Gasteiger partial charge in [-0.2, -0.15) is 0 Å². The van der Waals surface area contributed by atoms with Gasteiger partial charge in [0.1, 0.15) is 0 Å². The molecule has 0 aromatic carbocycles. The summed E-state index contributed by atoms with van der Waals surface area (Å²) in [4.78, 5) is 14.5. The number of likely N-dealkylation sites (tertiary alicyclic amines) is 1. The lowest BCUT2D eigenvalue weighted by Gasteiger charge is -2.38. The molecule has 0 aromatic rings. The third-order valence-electron chi connectivity index (χ3n) is 5.17. The first-order valence-corrected chi connectivity index (χ1v) is 7.85. The first-order chi connectivity index (χ1) is 8.93. The topological polar surface area (TPSA) is 40.5 Å². The fourth-order valence-electron chi connectivity index (χ4n) is 3.76. The molecule has 3 heteroatoms. The number of nitrogens with zero attached hydrogens (tertiary/aromatic N) is 1. The zero-order chi connectivity index (χ0) is 14.0. The summed E-state index contributed by atoms with van der Waals surface area (Å²) in [5.41, 5.74) is 0.370. The van der Waals surface area contributed by atoms with Crippen LogP contribution in [-0.2, 0) is 4.79 Å². The van der Waals surface area contributed by atoms with E-state index in [-0.39, 0.29) is 18.6 Å². The van der Waals surface area contributed by atoms with E-state index in [0.717, 1.165) is 38.1 Å². The fraction of sp³-hybridized carbons (Fsp3) is 0.938. The van der Waals surface area contributed by atoms with Crippen molar-refractivity contribution in [2.75, 3.05) is 13.2 Å². The van der Waals surface area contributed by atoms with Crippen molar-refractivity contribution >= 4 is 5.91 Å². The maximum Gasteiger partial charge on any atom is 0.226 e. The van der Waals surface area contributed by atoms with E-state index in [1.807, 2.05) is 4.90 Å². The van der Waals surface area contributed by atoms with E-state index in [9.17, 15) is 9.90 Å². The van der Waals surface area contributed by atoms with Gasteiger partial charge in [0.05, 0.1) is 12.6 Å². The number of amides is 1. The summed E-state index contributed by atoms with van der Waals surface area (Å²) in [6, 6.07) is 0.0906. The number of carbonyl (C=O) groups is 1. The molecule has 3 nitrogen and oxygen atoms in total. The molecule has 2 aliphatic rings. The van der Waals surface area contributed by atoms with Crippen molar-refractivity contribution in [3.05, 3.63) is 0 Å². The second-order valence-corrected chi connectivity index (χ2v) is 7.42. The van der Waals surface area contributed by atoms with Crippen molar-refractivity contribution in [2.24, 2.45) is 17.3 Å². The van der Waals surface area contributed by atoms with Crippen LogP contribution in [0.1, 0.15) is 59.3 Å². The highest BCUT2D eigenvalue weighted by Gasteiger charge is 2.36. The molecule has 1 aliphatic carbocycles. The quantitative estimate of drug-likeness (QED) is 0.836. The van der Waals surface area contributed by atoms with E-state index in [0.29, 0.717) is 11.3 Å². The van der Waals surface area contributed by atoms with E-state index >= 15 is 0 Å². The van der Waals surface area contributed by atoms with Gasteiger partial charge in [0.2, 0.25) is 5.91 Å². The monoisotopic (exact) mass is 267 g/mol. The van der Waals surface area contributed by atoms with Crippen molar-refractivity contribution in [2.45, 2.75) is 65.3 Å². The van der Waals surface area contributed by atoms with E-state index in [2.05, 4.69) is 20.8 Å². The number of aliphatic hydroxyl groups excluding tert-OH is 1. The molecule has 1 unspecified atom stereocenters. The predicted octanol–water partition coefficient (Wildman–Crippen LogP) is 2.82. The number of aliphatic hydroxyl groups is 1. The molecule has 110 valence electrons. The van der Waals surface area contributed by atoms with Gasteiger partial charge < -0.3 is 10.0 Å². The molecule has 0 spiro atoms. The van der Waals surface area contributed by atoms with Crippen LogP contribution in [0.2, 0.25) is 0 Å². The minimum Gasteiger partial charge on any atom is -0.394 e. The minimum atomic E-state index is 0.0906. The normalized spacial score (nSPS) is 32.6. The Morgan fingerprint density at radius 3 is 2.32 bits per heavy atom. The summed E-state index contributed by atoms with van der Waals surface area (Å²) in [6.45, 7) is 7.90. The standard InChI is InChI=1S/C16H29NO2/c1-16(2,3)13-8-6-12(7-9-13)15(19)17-10-4-5-14(17)11-18/h12-14,18H,4-11H2,1-3H3. The van der Waals surface area contributed by atoms with Gasteiger partial charge in [0, 0.05) is 12.5 Å². The van der Waals surface area contributed by atoms with Crippen LogP contribution in [0.4, 0.5) is 0 Å². The summed E-state index contributed by atoms with van der Waals surface area (Å²) in [5.74, 6) is 1.28. The van der Waals surface area contributed by atoms with Crippen LogP contribution in [0.15, 0.2) is 0 Å². The van der Waals surface area contributed by atoms with Crippen LogP contribution in [-0.4, -0.2) is 35.1 Å². The smallest absolute Gasteiger partial charge is 0.226 e. The average Bonchev–Trinajstić information content (AvgIpc) is 2.85. The molecule has 19 heavy (non-hydrogen) atoms. The van der Waals surface area contributed by atoms with E-state index < -0.39 is 0 Å². The Labute approximate surface area is 117 Å². The van der Waals surface area contributed by atoms with Crippen molar-refractivity contribution in [3.8, 4) is 0 Å². The van der Waals surface area contributed by atoms with Crippen molar-refractivity contribution in [1.29, 1.82) is 0 Å². The summed E-state index contributed by atoms with van der Waals surface area (Å²) in [5, 5.41) is 9.34. The molecule has 0 bridgehead atoms. The number of hydrogen-bond acceptors (Lipinski definition) is 2. The Morgan fingerprint density at radius 2 is 1.79 bits per heavy atom. The molecule has 2 rings (SSSR count). The third-order valence-corrected chi connectivity index (χ3v) is 5.17. The molecule has 0 radical (unpaired) electrons. The predicted molar refractivity (Wildman–Crippen MR) is 76.7 cm³/mol. The van der Waals surface area contributed by atoms with Gasteiger partial charge in [-0.1, -0.05) is 20.8 Å². The molecule has 1 atom stereocenters. The molecule has 2 fully saturated rings. The van der Waals surface area contributed by atoms with Crippen molar-refractivity contribution in [3.63, 3.8) is 0 Å². The molecule has 0 aromatic heterocycles. The average molecular weight is 267 g/mol. The van der Waals surface area contributed by atoms with Gasteiger partial charge in [-0.15, -0.1) is 0 Å². The van der Waals surface area contributed by atoms with Gasteiger partial charge >= 0.3 is 0 Å². The zero-order valence-electron chi connectivity index (χ0n) is 12.7. The molecule has 1 N–H and O–H groups in total. The second kappa shape index (κ2) is 5.82. The highest BCUT2D eigenvalue weighted by molar-refractivity contribution is 5.79. The lowest BCUT2D eigenvalue weighted by molar-refractivity contribution is -0.138. The molecule has 1 amide bonds.